The van der Waals surface area contributed by atoms with Gasteiger partial charge < -0.3 is 10.6 Å². The van der Waals surface area contributed by atoms with Gasteiger partial charge in [-0.05, 0) is 43.9 Å². The largest absolute Gasteiger partial charge is 0.383 e. The number of halogens is 1. The fraction of sp³-hybridized carbons (Fsp3) is 0.500. The number of unbranched alkanes of at least 4 members (excludes halogenated alkanes) is 1. The van der Waals surface area contributed by atoms with Gasteiger partial charge in [-0.1, -0.05) is 25.5 Å². The molecule has 9 heteroatoms. The molecule has 0 bridgehead atoms. The number of aromatic amines is 1. The van der Waals surface area contributed by atoms with E-state index >= 15 is 0 Å². The van der Waals surface area contributed by atoms with Gasteiger partial charge >= 0.3 is 5.69 Å². The van der Waals surface area contributed by atoms with E-state index in [1.165, 1.54) is 21.6 Å². The van der Waals surface area contributed by atoms with Gasteiger partial charge in [0.1, 0.15) is 11.6 Å². The van der Waals surface area contributed by atoms with E-state index in [4.69, 9.17) is 5.73 Å². The number of nitrogens with zero attached hydrogens (tertiary/aromatic N) is 3. The standard InChI is InChI=1S/C22H30FN5O3/c1-3-5-11-28-20(24)19(21(30)25-22(28)31)27(4-2)18(29)14-26(17-9-10-17)13-15-7-6-8-16(23)12-15/h6-8,12,17H,3-5,9-11,13-14,24H2,1-2H3,(H,25,30,31). The Balaban J connectivity index is 1.85. The molecule has 168 valence electrons. The quantitative estimate of drug-likeness (QED) is 0.599. The number of amides is 1. The van der Waals surface area contributed by atoms with Crippen molar-refractivity contribution in [2.24, 2.45) is 0 Å². The number of rotatable bonds is 10. The summed E-state index contributed by atoms with van der Waals surface area (Å²) in [4.78, 5) is 43.6. The van der Waals surface area contributed by atoms with Crippen molar-refractivity contribution in [2.75, 3.05) is 23.7 Å². The van der Waals surface area contributed by atoms with Crippen LogP contribution in [0.15, 0.2) is 33.9 Å². The fourth-order valence-corrected chi connectivity index (χ4v) is 3.72. The molecule has 0 spiro atoms. The maximum atomic E-state index is 13.6. The lowest BCUT2D eigenvalue weighted by Gasteiger charge is -2.27. The van der Waals surface area contributed by atoms with Gasteiger partial charge in [0.25, 0.3) is 5.56 Å². The molecule has 1 aromatic carbocycles. The average Bonchev–Trinajstić information content (AvgIpc) is 3.55. The Hall–Kier alpha value is -2.94. The first-order chi connectivity index (χ1) is 14.8. The minimum Gasteiger partial charge on any atom is -0.383 e. The Morgan fingerprint density at radius 3 is 2.65 bits per heavy atom. The van der Waals surface area contributed by atoms with Crippen LogP contribution in [0.1, 0.15) is 45.1 Å². The molecule has 1 aliphatic carbocycles. The first-order valence-electron chi connectivity index (χ1n) is 10.8. The molecule has 0 unspecified atom stereocenters. The second-order valence-electron chi connectivity index (χ2n) is 7.90. The van der Waals surface area contributed by atoms with Crippen molar-refractivity contribution < 1.29 is 9.18 Å². The highest BCUT2D eigenvalue weighted by atomic mass is 19.1. The summed E-state index contributed by atoms with van der Waals surface area (Å²) in [5.41, 5.74) is 5.72. The van der Waals surface area contributed by atoms with Gasteiger partial charge in [-0.15, -0.1) is 0 Å². The number of benzene rings is 1. The van der Waals surface area contributed by atoms with Gasteiger partial charge in [0, 0.05) is 25.7 Å². The number of hydrogen-bond acceptors (Lipinski definition) is 5. The Labute approximate surface area is 180 Å². The summed E-state index contributed by atoms with van der Waals surface area (Å²) in [5, 5.41) is 0. The third-order valence-corrected chi connectivity index (χ3v) is 5.51. The second kappa shape index (κ2) is 9.91. The number of aromatic nitrogens is 2. The van der Waals surface area contributed by atoms with Crippen LogP contribution >= 0.6 is 0 Å². The predicted octanol–water partition coefficient (Wildman–Crippen LogP) is 2.08. The number of carbonyl (C=O) groups excluding carboxylic acids is 1. The highest BCUT2D eigenvalue weighted by Crippen LogP contribution is 2.29. The van der Waals surface area contributed by atoms with Crippen LogP contribution in [-0.4, -0.2) is 39.5 Å². The summed E-state index contributed by atoms with van der Waals surface area (Å²) in [6.45, 7) is 4.85. The first-order valence-corrected chi connectivity index (χ1v) is 10.8. The molecular formula is C22H30FN5O3. The van der Waals surface area contributed by atoms with Crippen molar-refractivity contribution in [3.05, 3.63) is 56.5 Å². The van der Waals surface area contributed by atoms with Crippen LogP contribution in [0, 0.1) is 5.82 Å². The summed E-state index contributed by atoms with van der Waals surface area (Å²) in [7, 11) is 0. The molecule has 1 heterocycles. The molecule has 1 amide bonds. The number of carbonyl (C=O) groups is 1. The van der Waals surface area contributed by atoms with Gasteiger partial charge in [0.15, 0.2) is 5.69 Å². The number of H-pyrrole nitrogens is 1. The molecule has 1 aliphatic rings. The Kier molecular flexibility index (Phi) is 7.27. The summed E-state index contributed by atoms with van der Waals surface area (Å²) in [6, 6.07) is 6.57. The SMILES string of the molecule is CCCCn1c(N)c(N(CC)C(=O)CN(Cc2cccc(F)c2)C2CC2)c(=O)[nH]c1=O. The monoisotopic (exact) mass is 431 g/mol. The van der Waals surface area contributed by atoms with Crippen molar-refractivity contribution in [3.63, 3.8) is 0 Å². The van der Waals surface area contributed by atoms with Gasteiger partial charge in [-0.25, -0.2) is 9.18 Å². The number of nitrogens with one attached hydrogen (secondary N) is 1. The normalized spacial score (nSPS) is 13.5. The number of nitrogens with two attached hydrogens (primary N) is 1. The van der Waals surface area contributed by atoms with E-state index in [1.54, 1.807) is 13.0 Å². The van der Waals surface area contributed by atoms with Gasteiger partial charge in [-0.3, -0.25) is 24.0 Å². The molecule has 3 N–H and O–H groups in total. The van der Waals surface area contributed by atoms with E-state index in [2.05, 4.69) is 4.98 Å². The van der Waals surface area contributed by atoms with Crippen LogP contribution in [0.4, 0.5) is 15.9 Å². The summed E-state index contributed by atoms with van der Waals surface area (Å²) < 4.78 is 14.9. The lowest BCUT2D eigenvalue weighted by molar-refractivity contribution is -0.120. The fourth-order valence-electron chi connectivity index (χ4n) is 3.72. The highest BCUT2D eigenvalue weighted by Gasteiger charge is 2.32. The Bertz CT molecular complexity index is 1040. The lowest BCUT2D eigenvalue weighted by atomic mass is 10.2. The smallest absolute Gasteiger partial charge is 0.330 e. The molecule has 0 aliphatic heterocycles. The minimum atomic E-state index is -0.673. The lowest BCUT2D eigenvalue weighted by Crippen LogP contribution is -2.45. The summed E-state index contributed by atoms with van der Waals surface area (Å²) in [5.74, 6) is -0.604. The van der Waals surface area contributed by atoms with Crippen LogP contribution in [-0.2, 0) is 17.9 Å². The van der Waals surface area contributed by atoms with Crippen LogP contribution < -0.4 is 21.9 Å². The second-order valence-corrected chi connectivity index (χ2v) is 7.90. The highest BCUT2D eigenvalue weighted by molar-refractivity contribution is 5.96. The molecule has 0 atom stereocenters. The number of likely N-dealkylation sites (N-methyl/N-ethyl adjacent to an activating group) is 1. The van der Waals surface area contributed by atoms with Crippen molar-refractivity contribution in [2.45, 2.75) is 58.7 Å². The van der Waals surface area contributed by atoms with E-state index in [1.807, 2.05) is 17.9 Å². The van der Waals surface area contributed by atoms with E-state index in [0.717, 1.165) is 31.2 Å². The third kappa shape index (κ3) is 5.41. The van der Waals surface area contributed by atoms with E-state index in [9.17, 15) is 18.8 Å². The number of nitrogen functional groups attached to an aromatic ring is 1. The molecular weight excluding hydrogens is 401 g/mol. The predicted molar refractivity (Wildman–Crippen MR) is 119 cm³/mol. The Morgan fingerprint density at radius 2 is 2.03 bits per heavy atom. The zero-order chi connectivity index (χ0) is 22.5. The van der Waals surface area contributed by atoms with Crippen molar-refractivity contribution >= 4 is 17.4 Å². The van der Waals surface area contributed by atoms with E-state index in [-0.39, 0.29) is 42.4 Å². The van der Waals surface area contributed by atoms with Crippen LogP contribution in [0.2, 0.25) is 0 Å². The van der Waals surface area contributed by atoms with Crippen molar-refractivity contribution in [3.8, 4) is 0 Å². The van der Waals surface area contributed by atoms with Gasteiger partial charge in [0.05, 0.1) is 6.54 Å². The average molecular weight is 432 g/mol. The molecule has 2 aromatic rings. The topological polar surface area (TPSA) is 104 Å². The summed E-state index contributed by atoms with van der Waals surface area (Å²) >= 11 is 0. The Morgan fingerprint density at radius 1 is 1.29 bits per heavy atom. The zero-order valence-electron chi connectivity index (χ0n) is 18.1. The maximum Gasteiger partial charge on any atom is 0.330 e. The van der Waals surface area contributed by atoms with Gasteiger partial charge in [0.2, 0.25) is 5.91 Å². The van der Waals surface area contributed by atoms with Crippen LogP contribution in [0.25, 0.3) is 0 Å². The van der Waals surface area contributed by atoms with Crippen LogP contribution in [0.3, 0.4) is 0 Å². The minimum absolute atomic E-state index is 0.000465. The zero-order valence-corrected chi connectivity index (χ0v) is 18.1. The number of anilines is 2. The molecule has 1 fully saturated rings. The number of hydrogen-bond donors (Lipinski definition) is 2. The molecule has 31 heavy (non-hydrogen) atoms. The van der Waals surface area contributed by atoms with E-state index in [0.29, 0.717) is 13.1 Å². The molecule has 8 nitrogen and oxygen atoms in total. The molecule has 1 aromatic heterocycles. The van der Waals surface area contributed by atoms with Crippen LogP contribution in [0.5, 0.6) is 0 Å². The third-order valence-electron chi connectivity index (χ3n) is 5.51. The molecule has 1 saturated carbocycles. The first kappa shape index (κ1) is 22.7. The van der Waals surface area contributed by atoms with E-state index < -0.39 is 11.2 Å². The molecule has 0 radical (unpaired) electrons. The summed E-state index contributed by atoms with van der Waals surface area (Å²) in [6.07, 6.45) is 3.52. The maximum absolute atomic E-state index is 13.6. The molecule has 0 saturated heterocycles. The van der Waals surface area contributed by atoms with Crippen molar-refractivity contribution in [1.82, 2.24) is 14.5 Å². The molecule has 3 rings (SSSR count). The van der Waals surface area contributed by atoms with Crippen molar-refractivity contribution in [1.29, 1.82) is 0 Å². The van der Waals surface area contributed by atoms with Gasteiger partial charge in [-0.2, -0.15) is 0 Å².